The van der Waals surface area contributed by atoms with E-state index in [0.717, 1.165) is 31.5 Å². The van der Waals surface area contributed by atoms with Gasteiger partial charge in [0, 0.05) is 25.7 Å². The van der Waals surface area contributed by atoms with Gasteiger partial charge in [-0.05, 0) is 31.1 Å². The summed E-state index contributed by atoms with van der Waals surface area (Å²) in [4.78, 5) is 0. The van der Waals surface area contributed by atoms with Crippen LogP contribution in [0.2, 0.25) is 0 Å². The molecule has 0 spiro atoms. The molecule has 1 aliphatic rings. The molecule has 3 nitrogen and oxygen atoms in total. The summed E-state index contributed by atoms with van der Waals surface area (Å²) in [5.74, 6) is 1.57. The maximum Gasteiger partial charge on any atom is 0.0587 e. The molecule has 2 unspecified atom stereocenters. The molecule has 1 fully saturated rings. The first-order chi connectivity index (χ1) is 7.12. The zero-order valence-electron chi connectivity index (χ0n) is 10.4. The Kier molecular flexibility index (Phi) is 5.03. The van der Waals surface area contributed by atoms with E-state index in [1.165, 1.54) is 19.3 Å². The van der Waals surface area contributed by atoms with Crippen molar-refractivity contribution in [2.24, 2.45) is 17.6 Å². The van der Waals surface area contributed by atoms with Gasteiger partial charge in [0.15, 0.2) is 0 Å². The van der Waals surface area contributed by atoms with Gasteiger partial charge in [-0.15, -0.1) is 0 Å². The van der Waals surface area contributed by atoms with E-state index in [4.69, 9.17) is 10.5 Å². The van der Waals surface area contributed by atoms with Crippen LogP contribution in [0, 0.1) is 11.8 Å². The molecule has 2 atom stereocenters. The minimum Gasteiger partial charge on any atom is -0.383 e. The molecular formula is C12H26N2O. The van der Waals surface area contributed by atoms with Gasteiger partial charge in [-0.2, -0.15) is 0 Å². The van der Waals surface area contributed by atoms with Crippen LogP contribution in [0.3, 0.4) is 0 Å². The number of ether oxygens (including phenoxy) is 1. The van der Waals surface area contributed by atoms with Gasteiger partial charge in [0.05, 0.1) is 6.61 Å². The number of hydrogen-bond acceptors (Lipinski definition) is 3. The van der Waals surface area contributed by atoms with Crippen LogP contribution in [0.1, 0.15) is 33.1 Å². The summed E-state index contributed by atoms with van der Waals surface area (Å²) in [5, 5.41) is 3.60. The Labute approximate surface area is 93.8 Å². The average molecular weight is 214 g/mol. The SMILES string of the molecule is COCCNC1(CN)CC(C)CC(C)C1. The maximum absolute atomic E-state index is 5.94. The first kappa shape index (κ1) is 12.9. The van der Waals surface area contributed by atoms with E-state index in [0.29, 0.717) is 0 Å². The molecule has 90 valence electrons. The first-order valence-electron chi connectivity index (χ1n) is 6.06. The second-order valence-corrected chi connectivity index (χ2v) is 5.26. The van der Waals surface area contributed by atoms with Crippen LogP contribution in [0.5, 0.6) is 0 Å². The van der Waals surface area contributed by atoms with E-state index in [1.807, 2.05) is 0 Å². The zero-order valence-corrected chi connectivity index (χ0v) is 10.4. The molecule has 0 aliphatic heterocycles. The summed E-state index contributed by atoms with van der Waals surface area (Å²) in [6, 6.07) is 0. The molecule has 15 heavy (non-hydrogen) atoms. The van der Waals surface area contributed by atoms with Crippen LogP contribution >= 0.6 is 0 Å². The highest BCUT2D eigenvalue weighted by Gasteiger charge is 2.36. The van der Waals surface area contributed by atoms with Crippen LogP contribution in [-0.2, 0) is 4.74 Å². The molecular weight excluding hydrogens is 188 g/mol. The molecule has 0 saturated heterocycles. The van der Waals surface area contributed by atoms with Crippen molar-refractivity contribution >= 4 is 0 Å². The summed E-state index contributed by atoms with van der Waals surface area (Å²) in [6.45, 7) is 7.08. The first-order valence-corrected chi connectivity index (χ1v) is 6.06. The standard InChI is InChI=1S/C12H26N2O/c1-10-6-11(2)8-12(7-10,9-13)14-4-5-15-3/h10-11,14H,4-9,13H2,1-3H3. The van der Waals surface area contributed by atoms with Gasteiger partial charge < -0.3 is 15.8 Å². The normalized spacial score (nSPS) is 36.8. The Morgan fingerprint density at radius 2 is 1.93 bits per heavy atom. The fourth-order valence-electron chi connectivity index (χ4n) is 3.07. The van der Waals surface area contributed by atoms with E-state index in [-0.39, 0.29) is 5.54 Å². The Bertz CT molecular complexity index is 174. The summed E-state index contributed by atoms with van der Waals surface area (Å²) < 4.78 is 5.07. The molecule has 0 aromatic rings. The minimum atomic E-state index is 0.162. The number of nitrogens with two attached hydrogens (primary N) is 1. The van der Waals surface area contributed by atoms with E-state index in [1.54, 1.807) is 7.11 Å². The topological polar surface area (TPSA) is 47.3 Å². The Morgan fingerprint density at radius 1 is 1.33 bits per heavy atom. The van der Waals surface area contributed by atoms with Gasteiger partial charge in [-0.1, -0.05) is 13.8 Å². The van der Waals surface area contributed by atoms with Crippen LogP contribution in [0.4, 0.5) is 0 Å². The molecule has 3 N–H and O–H groups in total. The van der Waals surface area contributed by atoms with Gasteiger partial charge in [-0.3, -0.25) is 0 Å². The van der Waals surface area contributed by atoms with E-state index >= 15 is 0 Å². The predicted octanol–water partition coefficient (Wildman–Crippen LogP) is 1.38. The Hall–Kier alpha value is -0.120. The lowest BCUT2D eigenvalue weighted by atomic mass is 9.71. The fraction of sp³-hybridized carbons (Fsp3) is 1.00. The highest BCUT2D eigenvalue weighted by Crippen LogP contribution is 2.35. The lowest BCUT2D eigenvalue weighted by molar-refractivity contribution is 0.129. The molecule has 0 radical (unpaired) electrons. The van der Waals surface area contributed by atoms with Crippen molar-refractivity contribution in [1.82, 2.24) is 5.32 Å². The van der Waals surface area contributed by atoms with E-state index in [2.05, 4.69) is 19.2 Å². The highest BCUT2D eigenvalue weighted by atomic mass is 16.5. The number of nitrogens with one attached hydrogen (secondary N) is 1. The van der Waals surface area contributed by atoms with Crippen molar-refractivity contribution in [2.75, 3.05) is 26.8 Å². The Morgan fingerprint density at radius 3 is 2.40 bits per heavy atom. The number of methoxy groups -OCH3 is 1. The second kappa shape index (κ2) is 5.83. The van der Waals surface area contributed by atoms with Crippen molar-refractivity contribution in [3.8, 4) is 0 Å². The smallest absolute Gasteiger partial charge is 0.0587 e. The van der Waals surface area contributed by atoms with Gasteiger partial charge in [0.1, 0.15) is 0 Å². The maximum atomic E-state index is 5.94. The van der Waals surface area contributed by atoms with Crippen molar-refractivity contribution in [2.45, 2.75) is 38.6 Å². The number of hydrogen-bond donors (Lipinski definition) is 2. The van der Waals surface area contributed by atoms with Crippen LogP contribution < -0.4 is 11.1 Å². The lowest BCUT2D eigenvalue weighted by Gasteiger charge is -2.43. The van der Waals surface area contributed by atoms with Crippen LogP contribution in [0.15, 0.2) is 0 Å². The summed E-state index contributed by atoms with van der Waals surface area (Å²) in [7, 11) is 1.74. The molecule has 0 bridgehead atoms. The van der Waals surface area contributed by atoms with Crippen LogP contribution in [0.25, 0.3) is 0 Å². The molecule has 3 heteroatoms. The van der Waals surface area contributed by atoms with E-state index < -0.39 is 0 Å². The van der Waals surface area contributed by atoms with Gasteiger partial charge in [0.2, 0.25) is 0 Å². The summed E-state index contributed by atoms with van der Waals surface area (Å²) >= 11 is 0. The molecule has 1 aliphatic carbocycles. The predicted molar refractivity (Wildman–Crippen MR) is 63.8 cm³/mol. The Balaban J connectivity index is 2.49. The van der Waals surface area contributed by atoms with Crippen molar-refractivity contribution in [3.63, 3.8) is 0 Å². The second-order valence-electron chi connectivity index (χ2n) is 5.26. The molecule has 1 saturated carbocycles. The third kappa shape index (κ3) is 3.74. The van der Waals surface area contributed by atoms with E-state index in [9.17, 15) is 0 Å². The molecule has 0 aromatic heterocycles. The largest absolute Gasteiger partial charge is 0.383 e. The highest BCUT2D eigenvalue weighted by molar-refractivity contribution is 4.95. The van der Waals surface area contributed by atoms with Crippen LogP contribution in [-0.4, -0.2) is 32.3 Å². The quantitative estimate of drug-likeness (QED) is 0.680. The molecule has 1 rings (SSSR count). The molecule has 0 aromatic carbocycles. The fourth-order valence-corrected chi connectivity index (χ4v) is 3.07. The lowest BCUT2D eigenvalue weighted by Crippen LogP contribution is -2.56. The monoisotopic (exact) mass is 214 g/mol. The summed E-state index contributed by atoms with van der Waals surface area (Å²) in [6.07, 6.45) is 3.75. The van der Waals surface area contributed by atoms with Gasteiger partial charge in [0.25, 0.3) is 0 Å². The molecule has 0 amide bonds. The summed E-state index contributed by atoms with van der Waals surface area (Å²) in [5.41, 5.74) is 6.10. The molecule has 0 heterocycles. The zero-order chi connectivity index (χ0) is 11.3. The van der Waals surface area contributed by atoms with Gasteiger partial charge in [-0.25, -0.2) is 0 Å². The van der Waals surface area contributed by atoms with Crippen molar-refractivity contribution in [3.05, 3.63) is 0 Å². The average Bonchev–Trinajstić information content (AvgIpc) is 2.17. The third-order valence-electron chi connectivity index (χ3n) is 3.48. The third-order valence-corrected chi connectivity index (χ3v) is 3.48. The minimum absolute atomic E-state index is 0.162. The van der Waals surface area contributed by atoms with Crippen molar-refractivity contribution in [1.29, 1.82) is 0 Å². The van der Waals surface area contributed by atoms with Crippen molar-refractivity contribution < 1.29 is 4.74 Å². The number of rotatable bonds is 5. The van der Waals surface area contributed by atoms with Gasteiger partial charge >= 0.3 is 0 Å².